The van der Waals surface area contributed by atoms with Crippen LogP contribution in [0.5, 0.6) is 0 Å². The minimum absolute atomic E-state index is 0.168. The van der Waals surface area contributed by atoms with E-state index < -0.39 is 5.97 Å². The van der Waals surface area contributed by atoms with Gasteiger partial charge in [0.25, 0.3) is 0 Å². The Morgan fingerprint density at radius 2 is 2.14 bits per heavy atom. The van der Waals surface area contributed by atoms with E-state index in [9.17, 15) is 4.79 Å². The molecule has 2 rings (SSSR count). The summed E-state index contributed by atoms with van der Waals surface area (Å²) in [7, 11) is 0. The van der Waals surface area contributed by atoms with E-state index in [1.165, 1.54) is 6.07 Å². The Labute approximate surface area is 90.7 Å². The van der Waals surface area contributed by atoms with Crippen LogP contribution in [0.25, 0.3) is 0 Å². The maximum Gasteiger partial charge on any atom is 0.337 e. The van der Waals surface area contributed by atoms with E-state index in [1.807, 2.05) is 0 Å². The van der Waals surface area contributed by atoms with Crippen molar-refractivity contribution in [3.63, 3.8) is 0 Å². The minimum atomic E-state index is -1.00. The third kappa shape index (κ3) is 1.70. The van der Waals surface area contributed by atoms with Crippen molar-refractivity contribution < 1.29 is 9.90 Å². The molecule has 0 spiro atoms. The zero-order valence-corrected chi connectivity index (χ0v) is 8.64. The second-order valence-corrected chi connectivity index (χ2v) is 4.04. The van der Waals surface area contributed by atoms with Crippen molar-refractivity contribution in [3.05, 3.63) is 27.5 Å². The molecule has 1 fully saturated rings. The molecule has 3 nitrogen and oxygen atoms in total. The van der Waals surface area contributed by atoms with Gasteiger partial charge in [-0.15, -0.1) is 0 Å². The average molecular weight is 232 g/mol. The minimum Gasteiger partial charge on any atom is -0.478 e. The third-order valence-electron chi connectivity index (χ3n) is 2.16. The van der Waals surface area contributed by atoms with Crippen molar-refractivity contribution in [2.24, 2.45) is 0 Å². The van der Waals surface area contributed by atoms with Gasteiger partial charge >= 0.3 is 5.97 Å². The van der Waals surface area contributed by atoms with Gasteiger partial charge in [0.15, 0.2) is 0 Å². The zero-order chi connectivity index (χ0) is 10.3. The first kappa shape index (κ1) is 9.74. The van der Waals surface area contributed by atoms with Crippen LogP contribution in [0.3, 0.4) is 0 Å². The third-order valence-corrected chi connectivity index (χ3v) is 2.83. The molecule has 1 aliphatic rings. The monoisotopic (exact) mass is 231 g/mol. The number of aromatic carboxylic acids is 1. The van der Waals surface area contributed by atoms with Gasteiger partial charge in [0, 0.05) is 5.92 Å². The number of nitrogens with zero attached hydrogens (tertiary/aromatic N) is 1. The van der Waals surface area contributed by atoms with Crippen LogP contribution in [0, 0.1) is 0 Å². The van der Waals surface area contributed by atoms with Crippen LogP contribution in [0.2, 0.25) is 10.2 Å². The quantitative estimate of drug-likeness (QED) is 0.797. The summed E-state index contributed by atoms with van der Waals surface area (Å²) < 4.78 is 0. The summed E-state index contributed by atoms with van der Waals surface area (Å²) in [4.78, 5) is 14.9. The molecule has 1 N–H and O–H groups in total. The molecule has 0 atom stereocenters. The number of carboxylic acids is 1. The molecule has 1 aromatic heterocycles. The zero-order valence-electron chi connectivity index (χ0n) is 7.13. The molecule has 74 valence electrons. The van der Waals surface area contributed by atoms with E-state index in [4.69, 9.17) is 28.3 Å². The highest BCUT2D eigenvalue weighted by atomic mass is 35.5. The smallest absolute Gasteiger partial charge is 0.337 e. The number of hydrogen-bond donors (Lipinski definition) is 1. The first-order chi connectivity index (χ1) is 6.59. The van der Waals surface area contributed by atoms with E-state index in [-0.39, 0.29) is 21.7 Å². The van der Waals surface area contributed by atoms with Gasteiger partial charge in [-0.3, -0.25) is 0 Å². The van der Waals surface area contributed by atoms with Gasteiger partial charge in [-0.05, 0) is 18.9 Å². The fourth-order valence-electron chi connectivity index (χ4n) is 1.32. The van der Waals surface area contributed by atoms with Crippen LogP contribution in [-0.2, 0) is 0 Å². The van der Waals surface area contributed by atoms with Gasteiger partial charge in [-0.1, -0.05) is 23.2 Å². The Bertz CT molecular complexity index is 402. The van der Waals surface area contributed by atoms with Crippen LogP contribution in [0.1, 0.15) is 34.8 Å². The highest BCUT2D eigenvalue weighted by Gasteiger charge is 2.30. The number of hydrogen-bond acceptors (Lipinski definition) is 2. The van der Waals surface area contributed by atoms with Crippen LogP contribution in [-0.4, -0.2) is 16.1 Å². The molecule has 0 radical (unpaired) electrons. The van der Waals surface area contributed by atoms with Crippen LogP contribution in [0.4, 0.5) is 0 Å². The lowest BCUT2D eigenvalue weighted by molar-refractivity contribution is 0.0695. The van der Waals surface area contributed by atoms with Gasteiger partial charge in [0.1, 0.15) is 5.15 Å². The number of pyridine rings is 1. The molecule has 1 aromatic rings. The standard InChI is InChI=1S/C9H7Cl2NO2/c10-6-3-5(9(13)14)7(4-1-2-4)12-8(6)11/h3-4H,1-2H2,(H,13,14). The van der Waals surface area contributed by atoms with Crippen molar-refractivity contribution in [1.29, 1.82) is 0 Å². The summed E-state index contributed by atoms with van der Waals surface area (Å²) in [6, 6.07) is 1.37. The molecule has 1 saturated carbocycles. The van der Waals surface area contributed by atoms with Gasteiger partial charge in [0.2, 0.25) is 0 Å². The maximum atomic E-state index is 10.9. The lowest BCUT2D eigenvalue weighted by Gasteiger charge is -2.05. The van der Waals surface area contributed by atoms with E-state index in [2.05, 4.69) is 4.98 Å². The summed E-state index contributed by atoms with van der Waals surface area (Å²) in [6.07, 6.45) is 1.95. The highest BCUT2D eigenvalue weighted by Crippen LogP contribution is 2.42. The van der Waals surface area contributed by atoms with Crippen molar-refractivity contribution in [1.82, 2.24) is 4.98 Å². The van der Waals surface area contributed by atoms with Gasteiger partial charge in [-0.2, -0.15) is 0 Å². The molecule has 0 saturated heterocycles. The van der Waals surface area contributed by atoms with E-state index in [0.29, 0.717) is 5.69 Å². The Balaban J connectivity index is 2.54. The number of aromatic nitrogens is 1. The van der Waals surface area contributed by atoms with E-state index >= 15 is 0 Å². The fraction of sp³-hybridized carbons (Fsp3) is 0.333. The Morgan fingerprint density at radius 3 is 2.64 bits per heavy atom. The Morgan fingerprint density at radius 1 is 1.50 bits per heavy atom. The summed E-state index contributed by atoms with van der Waals surface area (Å²) in [5.41, 5.74) is 0.730. The SMILES string of the molecule is O=C(O)c1cc(Cl)c(Cl)nc1C1CC1. The molecule has 1 heterocycles. The van der Waals surface area contributed by atoms with Gasteiger partial charge in [-0.25, -0.2) is 9.78 Å². The highest BCUT2D eigenvalue weighted by molar-refractivity contribution is 6.41. The normalized spacial score (nSPS) is 15.6. The van der Waals surface area contributed by atoms with Crippen LogP contribution < -0.4 is 0 Å². The van der Waals surface area contributed by atoms with Crippen molar-refractivity contribution >= 4 is 29.2 Å². The summed E-state index contributed by atoms with van der Waals surface area (Å²) in [6.45, 7) is 0. The van der Waals surface area contributed by atoms with Gasteiger partial charge < -0.3 is 5.11 Å². The summed E-state index contributed by atoms with van der Waals surface area (Å²) >= 11 is 11.4. The molecular weight excluding hydrogens is 225 g/mol. The molecule has 0 unspecified atom stereocenters. The predicted molar refractivity (Wildman–Crippen MR) is 53.2 cm³/mol. The Hall–Kier alpha value is -0.800. The lowest BCUT2D eigenvalue weighted by atomic mass is 10.1. The Kier molecular flexibility index (Phi) is 2.37. The summed E-state index contributed by atoms with van der Waals surface area (Å²) in [5.74, 6) is -0.756. The molecule has 14 heavy (non-hydrogen) atoms. The molecular formula is C9H7Cl2NO2. The molecule has 1 aliphatic carbocycles. The largest absolute Gasteiger partial charge is 0.478 e. The molecule has 0 aromatic carbocycles. The topological polar surface area (TPSA) is 50.2 Å². The first-order valence-electron chi connectivity index (χ1n) is 4.19. The summed E-state index contributed by atoms with van der Waals surface area (Å²) in [5, 5.41) is 9.28. The van der Waals surface area contributed by atoms with Crippen molar-refractivity contribution in [2.45, 2.75) is 18.8 Å². The predicted octanol–water partition coefficient (Wildman–Crippen LogP) is 2.96. The number of rotatable bonds is 2. The number of carboxylic acid groups (broad SMARTS) is 1. The van der Waals surface area contributed by atoms with Crippen LogP contribution >= 0.6 is 23.2 Å². The first-order valence-corrected chi connectivity index (χ1v) is 4.94. The lowest BCUT2D eigenvalue weighted by Crippen LogP contribution is -2.04. The molecule has 0 aliphatic heterocycles. The number of halogens is 2. The van der Waals surface area contributed by atoms with Gasteiger partial charge in [0.05, 0.1) is 16.3 Å². The van der Waals surface area contributed by atoms with E-state index in [1.54, 1.807) is 0 Å². The van der Waals surface area contributed by atoms with Crippen LogP contribution in [0.15, 0.2) is 6.07 Å². The maximum absolute atomic E-state index is 10.9. The second-order valence-electron chi connectivity index (χ2n) is 3.27. The van der Waals surface area contributed by atoms with E-state index in [0.717, 1.165) is 12.8 Å². The fourth-order valence-corrected chi connectivity index (χ4v) is 1.62. The average Bonchev–Trinajstić information content (AvgIpc) is 2.91. The second kappa shape index (κ2) is 3.41. The molecule has 0 bridgehead atoms. The van der Waals surface area contributed by atoms with Crippen molar-refractivity contribution in [2.75, 3.05) is 0 Å². The van der Waals surface area contributed by atoms with Crippen molar-refractivity contribution in [3.8, 4) is 0 Å². The molecule has 0 amide bonds. The molecule has 5 heteroatoms. The number of carbonyl (C=O) groups is 1.